The van der Waals surface area contributed by atoms with Gasteiger partial charge in [-0.3, -0.25) is 0 Å². The van der Waals surface area contributed by atoms with Gasteiger partial charge in [-0.2, -0.15) is 0 Å². The third-order valence-electron chi connectivity index (χ3n) is 6.05. The van der Waals surface area contributed by atoms with Crippen molar-refractivity contribution in [2.45, 2.75) is 25.8 Å². The Kier molecular flexibility index (Phi) is 5.69. The average Bonchev–Trinajstić information content (AvgIpc) is 3.23. The van der Waals surface area contributed by atoms with E-state index in [0.29, 0.717) is 12.5 Å². The number of likely N-dealkylation sites (tertiary alicyclic amines) is 1. The lowest BCUT2D eigenvalue weighted by Gasteiger charge is -2.42. The molecular formula is C23H29N5O. The molecular weight excluding hydrogens is 362 g/mol. The summed E-state index contributed by atoms with van der Waals surface area (Å²) in [5, 5.41) is 4.21. The minimum absolute atomic E-state index is 0.0350. The average molecular weight is 392 g/mol. The fraction of sp³-hybridized carbons (Fsp3) is 0.391. The monoisotopic (exact) mass is 391 g/mol. The molecule has 6 heteroatoms. The Labute approximate surface area is 171 Å². The summed E-state index contributed by atoms with van der Waals surface area (Å²) in [5.74, 6) is 0.510. The van der Waals surface area contributed by atoms with Crippen molar-refractivity contribution >= 4 is 22.8 Å². The number of pyridine rings is 1. The maximum absolute atomic E-state index is 12.8. The molecule has 3 aromatic rings. The SMILES string of the molecule is C[C@@H]1CCN(C(=O)NCCc2ccccc2)CC1N(C)c1ccnc2[nH]ccc12. The number of urea groups is 1. The summed E-state index contributed by atoms with van der Waals surface area (Å²) >= 11 is 0. The number of rotatable bonds is 5. The normalized spacial score (nSPS) is 19.3. The van der Waals surface area contributed by atoms with Crippen LogP contribution in [0, 0.1) is 5.92 Å². The van der Waals surface area contributed by atoms with E-state index < -0.39 is 0 Å². The minimum Gasteiger partial charge on any atom is -0.369 e. The van der Waals surface area contributed by atoms with Crippen molar-refractivity contribution in [2.75, 3.05) is 31.6 Å². The number of anilines is 1. The maximum atomic E-state index is 12.8. The highest BCUT2D eigenvalue weighted by atomic mass is 16.2. The molecule has 1 fully saturated rings. The molecule has 0 radical (unpaired) electrons. The molecule has 0 aliphatic carbocycles. The molecule has 0 spiro atoms. The summed E-state index contributed by atoms with van der Waals surface area (Å²) in [6.07, 6.45) is 5.61. The number of carbonyl (C=O) groups is 1. The first-order valence-electron chi connectivity index (χ1n) is 10.3. The molecule has 2 amide bonds. The van der Waals surface area contributed by atoms with Crippen molar-refractivity contribution < 1.29 is 4.79 Å². The van der Waals surface area contributed by atoms with Gasteiger partial charge in [0.15, 0.2) is 0 Å². The Morgan fingerprint density at radius 2 is 2.10 bits per heavy atom. The molecule has 3 heterocycles. The zero-order chi connectivity index (χ0) is 20.2. The van der Waals surface area contributed by atoms with E-state index in [-0.39, 0.29) is 12.1 Å². The molecule has 1 saturated heterocycles. The van der Waals surface area contributed by atoms with Crippen LogP contribution >= 0.6 is 0 Å². The second kappa shape index (κ2) is 8.55. The van der Waals surface area contributed by atoms with Gasteiger partial charge in [0.1, 0.15) is 5.65 Å². The Morgan fingerprint density at radius 3 is 2.93 bits per heavy atom. The zero-order valence-corrected chi connectivity index (χ0v) is 17.1. The third-order valence-corrected chi connectivity index (χ3v) is 6.05. The topological polar surface area (TPSA) is 64.3 Å². The Hall–Kier alpha value is -3.02. The lowest BCUT2D eigenvalue weighted by atomic mass is 9.92. The summed E-state index contributed by atoms with van der Waals surface area (Å²) in [4.78, 5) is 24.6. The van der Waals surface area contributed by atoms with E-state index in [1.165, 1.54) is 5.56 Å². The predicted octanol–water partition coefficient (Wildman–Crippen LogP) is 3.66. The summed E-state index contributed by atoms with van der Waals surface area (Å²) in [7, 11) is 2.12. The van der Waals surface area contributed by atoms with Gasteiger partial charge in [0, 0.05) is 56.2 Å². The second-order valence-corrected chi connectivity index (χ2v) is 7.93. The molecule has 2 atom stereocenters. The van der Waals surface area contributed by atoms with E-state index in [4.69, 9.17) is 0 Å². The highest BCUT2D eigenvalue weighted by Gasteiger charge is 2.32. The molecule has 1 aliphatic heterocycles. The van der Waals surface area contributed by atoms with Gasteiger partial charge in [-0.1, -0.05) is 37.3 Å². The minimum atomic E-state index is 0.0350. The molecule has 1 unspecified atom stereocenters. The van der Waals surface area contributed by atoms with Crippen molar-refractivity contribution in [3.8, 4) is 0 Å². The van der Waals surface area contributed by atoms with Gasteiger partial charge in [-0.15, -0.1) is 0 Å². The number of carbonyl (C=O) groups excluding carboxylic acids is 1. The first-order chi connectivity index (χ1) is 14.1. The molecule has 6 nitrogen and oxygen atoms in total. The molecule has 4 rings (SSSR count). The zero-order valence-electron chi connectivity index (χ0n) is 17.1. The Balaban J connectivity index is 1.39. The van der Waals surface area contributed by atoms with Gasteiger partial charge in [-0.25, -0.2) is 9.78 Å². The van der Waals surface area contributed by atoms with E-state index in [2.05, 4.69) is 58.4 Å². The summed E-state index contributed by atoms with van der Waals surface area (Å²) in [6, 6.07) is 14.7. The molecule has 152 valence electrons. The lowest BCUT2D eigenvalue weighted by molar-refractivity contribution is 0.161. The standard InChI is InChI=1S/C23H29N5O/c1-17-11-15-28(23(29)26-12-8-18-6-4-3-5-7-18)16-21(17)27(2)20-10-14-25-22-19(20)9-13-24-22/h3-7,9-10,13-14,17,21H,8,11-12,15-16H2,1-2H3,(H,24,25)(H,26,29)/t17-,21?/m1/s1. The number of aromatic amines is 1. The van der Waals surface area contributed by atoms with E-state index in [9.17, 15) is 4.79 Å². The lowest BCUT2D eigenvalue weighted by Crippen LogP contribution is -2.55. The van der Waals surface area contributed by atoms with Crippen molar-refractivity contribution in [2.24, 2.45) is 5.92 Å². The van der Waals surface area contributed by atoms with Crippen LogP contribution in [0.3, 0.4) is 0 Å². The number of H-pyrrole nitrogens is 1. The van der Waals surface area contributed by atoms with Crippen LogP contribution in [0.15, 0.2) is 54.9 Å². The van der Waals surface area contributed by atoms with Crippen LogP contribution < -0.4 is 10.2 Å². The van der Waals surface area contributed by atoms with Gasteiger partial charge in [0.2, 0.25) is 0 Å². The van der Waals surface area contributed by atoms with E-state index >= 15 is 0 Å². The Morgan fingerprint density at radius 1 is 1.28 bits per heavy atom. The number of benzene rings is 1. The van der Waals surface area contributed by atoms with E-state index in [1.54, 1.807) is 0 Å². The van der Waals surface area contributed by atoms with Crippen molar-refractivity contribution in [1.82, 2.24) is 20.2 Å². The molecule has 1 aromatic carbocycles. The Bertz CT molecular complexity index is 954. The second-order valence-electron chi connectivity index (χ2n) is 7.93. The van der Waals surface area contributed by atoms with Crippen LogP contribution in [0.2, 0.25) is 0 Å². The van der Waals surface area contributed by atoms with Crippen molar-refractivity contribution in [3.05, 3.63) is 60.4 Å². The summed E-state index contributed by atoms with van der Waals surface area (Å²) in [6.45, 7) is 4.46. The van der Waals surface area contributed by atoms with Gasteiger partial charge < -0.3 is 20.1 Å². The number of fused-ring (bicyclic) bond motifs is 1. The fourth-order valence-corrected chi connectivity index (χ4v) is 4.24. The van der Waals surface area contributed by atoms with E-state index in [0.717, 1.165) is 42.7 Å². The molecule has 0 saturated carbocycles. The van der Waals surface area contributed by atoms with Gasteiger partial charge >= 0.3 is 6.03 Å². The number of nitrogens with zero attached hydrogens (tertiary/aromatic N) is 3. The van der Waals surface area contributed by atoms with Gasteiger partial charge in [0.25, 0.3) is 0 Å². The van der Waals surface area contributed by atoms with Crippen LogP contribution in [-0.4, -0.2) is 53.6 Å². The van der Waals surface area contributed by atoms with Gasteiger partial charge in [0.05, 0.1) is 0 Å². The summed E-state index contributed by atoms with van der Waals surface area (Å²) < 4.78 is 0. The maximum Gasteiger partial charge on any atom is 0.317 e. The van der Waals surface area contributed by atoms with Crippen LogP contribution in [0.1, 0.15) is 18.9 Å². The first-order valence-corrected chi connectivity index (χ1v) is 10.3. The molecule has 29 heavy (non-hydrogen) atoms. The van der Waals surface area contributed by atoms with Crippen LogP contribution in [0.25, 0.3) is 11.0 Å². The third kappa shape index (κ3) is 4.21. The predicted molar refractivity (Wildman–Crippen MR) is 117 cm³/mol. The highest BCUT2D eigenvalue weighted by Crippen LogP contribution is 2.30. The number of piperidine rings is 1. The number of likely N-dealkylation sites (N-methyl/N-ethyl adjacent to an activating group) is 1. The molecule has 1 aliphatic rings. The van der Waals surface area contributed by atoms with Crippen LogP contribution in [0.5, 0.6) is 0 Å². The molecule has 2 aromatic heterocycles. The van der Waals surface area contributed by atoms with Crippen LogP contribution in [-0.2, 0) is 6.42 Å². The number of amides is 2. The number of nitrogens with one attached hydrogen (secondary N) is 2. The highest BCUT2D eigenvalue weighted by molar-refractivity contribution is 5.89. The molecule has 2 N–H and O–H groups in total. The van der Waals surface area contributed by atoms with Gasteiger partial charge in [-0.05, 0) is 36.5 Å². The number of hydrogen-bond acceptors (Lipinski definition) is 3. The smallest absolute Gasteiger partial charge is 0.317 e. The fourth-order valence-electron chi connectivity index (χ4n) is 4.24. The van der Waals surface area contributed by atoms with Crippen LogP contribution in [0.4, 0.5) is 10.5 Å². The van der Waals surface area contributed by atoms with Crippen molar-refractivity contribution in [3.63, 3.8) is 0 Å². The quantitative estimate of drug-likeness (QED) is 0.698. The first kappa shape index (κ1) is 19.3. The number of aromatic nitrogens is 2. The summed E-state index contributed by atoms with van der Waals surface area (Å²) in [5.41, 5.74) is 3.29. The van der Waals surface area contributed by atoms with Crippen molar-refractivity contribution in [1.29, 1.82) is 0 Å². The molecule has 0 bridgehead atoms. The largest absolute Gasteiger partial charge is 0.369 e. The van der Waals surface area contributed by atoms with E-state index in [1.807, 2.05) is 35.5 Å². The number of hydrogen-bond donors (Lipinski definition) is 2.